The first-order valence-electron chi connectivity index (χ1n) is 6.35. The first kappa shape index (κ1) is 13.5. The van der Waals surface area contributed by atoms with Gasteiger partial charge in [0.25, 0.3) is 0 Å². The lowest BCUT2D eigenvalue weighted by Crippen LogP contribution is -2.40. The lowest BCUT2D eigenvalue weighted by molar-refractivity contribution is 0.227. The van der Waals surface area contributed by atoms with Crippen molar-refractivity contribution in [1.29, 1.82) is 0 Å². The summed E-state index contributed by atoms with van der Waals surface area (Å²) < 4.78 is 33.7. The van der Waals surface area contributed by atoms with Gasteiger partial charge in [-0.1, -0.05) is 49.6 Å². The Balaban J connectivity index is 2.15. The van der Waals surface area contributed by atoms with Crippen LogP contribution in [0.5, 0.6) is 0 Å². The van der Waals surface area contributed by atoms with Crippen LogP contribution < -0.4 is 0 Å². The fourth-order valence-electron chi connectivity index (χ4n) is 2.53. The molecule has 0 atom stereocenters. The van der Waals surface area contributed by atoms with E-state index in [4.69, 9.17) is 0 Å². The van der Waals surface area contributed by atoms with Gasteiger partial charge in [0.1, 0.15) is 0 Å². The average molecular weight is 269 g/mol. The summed E-state index contributed by atoms with van der Waals surface area (Å²) in [6.07, 6.45) is 4.90. The van der Waals surface area contributed by atoms with E-state index in [2.05, 4.69) is 0 Å². The van der Waals surface area contributed by atoms with E-state index >= 15 is 0 Å². The van der Waals surface area contributed by atoms with Crippen LogP contribution in [0.2, 0.25) is 0 Å². The predicted molar refractivity (Wildman–Crippen MR) is 70.4 cm³/mol. The van der Waals surface area contributed by atoms with Gasteiger partial charge >= 0.3 is 10.3 Å². The van der Waals surface area contributed by atoms with Crippen LogP contribution in [-0.2, 0) is 16.8 Å². The molecule has 18 heavy (non-hydrogen) atoms. The van der Waals surface area contributed by atoms with Crippen LogP contribution in [0, 0.1) is 0 Å². The molecule has 0 bridgehead atoms. The molecule has 0 amide bonds. The summed E-state index contributed by atoms with van der Waals surface area (Å²) >= 11 is 0. The van der Waals surface area contributed by atoms with Crippen molar-refractivity contribution in [3.05, 3.63) is 35.9 Å². The standard InChI is InChI=1S/C13H19NO3S/c15-18(16,17)14(13-9-5-2-6-10-13)11-12-7-3-1-4-8-12/h1,3-4,7-8,13H,2,5-6,9-11H2,(H,15,16,17). The Kier molecular flexibility index (Phi) is 4.37. The quantitative estimate of drug-likeness (QED) is 0.855. The van der Waals surface area contributed by atoms with Crippen molar-refractivity contribution in [2.45, 2.75) is 44.7 Å². The van der Waals surface area contributed by atoms with Crippen LogP contribution in [0.15, 0.2) is 30.3 Å². The van der Waals surface area contributed by atoms with E-state index in [-0.39, 0.29) is 12.6 Å². The van der Waals surface area contributed by atoms with Gasteiger partial charge in [-0.3, -0.25) is 4.55 Å². The monoisotopic (exact) mass is 269 g/mol. The van der Waals surface area contributed by atoms with Gasteiger partial charge in [-0.2, -0.15) is 12.7 Å². The van der Waals surface area contributed by atoms with Crippen molar-refractivity contribution in [1.82, 2.24) is 4.31 Å². The molecule has 0 radical (unpaired) electrons. The Labute approximate surface area is 109 Å². The van der Waals surface area contributed by atoms with E-state index in [0.717, 1.165) is 37.7 Å². The second-order valence-electron chi connectivity index (χ2n) is 4.80. The Hall–Kier alpha value is -0.910. The molecular formula is C13H19NO3S. The third kappa shape index (κ3) is 3.54. The van der Waals surface area contributed by atoms with E-state index in [9.17, 15) is 13.0 Å². The maximum Gasteiger partial charge on any atom is 0.336 e. The zero-order valence-electron chi connectivity index (χ0n) is 10.3. The summed E-state index contributed by atoms with van der Waals surface area (Å²) in [4.78, 5) is 0. The minimum Gasteiger partial charge on any atom is -0.273 e. The van der Waals surface area contributed by atoms with Crippen molar-refractivity contribution in [2.24, 2.45) is 0 Å². The normalized spacial score (nSPS) is 18.1. The van der Waals surface area contributed by atoms with Gasteiger partial charge < -0.3 is 0 Å². The minimum atomic E-state index is -4.13. The molecule has 0 aromatic heterocycles. The molecule has 1 fully saturated rings. The molecule has 0 heterocycles. The van der Waals surface area contributed by atoms with Crippen molar-refractivity contribution in [3.8, 4) is 0 Å². The molecule has 4 nitrogen and oxygen atoms in total. The van der Waals surface area contributed by atoms with Gasteiger partial charge in [-0.25, -0.2) is 0 Å². The largest absolute Gasteiger partial charge is 0.336 e. The lowest BCUT2D eigenvalue weighted by atomic mass is 9.95. The van der Waals surface area contributed by atoms with Gasteiger partial charge in [0.05, 0.1) is 0 Å². The highest BCUT2D eigenvalue weighted by Crippen LogP contribution is 2.25. The minimum absolute atomic E-state index is 0.0612. The Bertz CT molecular complexity index is 466. The number of nitrogens with zero attached hydrogens (tertiary/aromatic N) is 1. The molecule has 1 saturated carbocycles. The van der Waals surface area contributed by atoms with Crippen LogP contribution >= 0.6 is 0 Å². The molecule has 1 N–H and O–H groups in total. The molecule has 0 aliphatic heterocycles. The summed E-state index contributed by atoms with van der Waals surface area (Å²) in [5.74, 6) is 0. The molecule has 0 spiro atoms. The van der Waals surface area contributed by atoms with Crippen LogP contribution in [0.25, 0.3) is 0 Å². The number of hydrogen-bond donors (Lipinski definition) is 1. The van der Waals surface area contributed by atoms with Crippen molar-refractivity contribution < 1.29 is 13.0 Å². The first-order chi connectivity index (χ1) is 8.57. The second kappa shape index (κ2) is 5.82. The van der Waals surface area contributed by atoms with Crippen molar-refractivity contribution in [2.75, 3.05) is 0 Å². The molecule has 1 aliphatic carbocycles. The number of hydrogen-bond acceptors (Lipinski definition) is 2. The molecule has 1 aromatic carbocycles. The van der Waals surface area contributed by atoms with E-state index in [1.165, 1.54) is 4.31 Å². The molecule has 0 unspecified atom stereocenters. The third-order valence-electron chi connectivity index (χ3n) is 3.46. The highest BCUT2D eigenvalue weighted by molar-refractivity contribution is 7.83. The topological polar surface area (TPSA) is 57.6 Å². The van der Waals surface area contributed by atoms with Gasteiger partial charge in [-0.15, -0.1) is 0 Å². The van der Waals surface area contributed by atoms with Crippen LogP contribution in [-0.4, -0.2) is 23.3 Å². The average Bonchev–Trinajstić information content (AvgIpc) is 2.37. The second-order valence-corrected chi connectivity index (χ2v) is 6.17. The molecule has 5 heteroatoms. The van der Waals surface area contributed by atoms with E-state index in [0.29, 0.717) is 0 Å². The summed E-state index contributed by atoms with van der Waals surface area (Å²) in [5.41, 5.74) is 0.903. The van der Waals surface area contributed by atoms with Crippen molar-refractivity contribution >= 4 is 10.3 Å². The maximum absolute atomic E-state index is 11.5. The van der Waals surface area contributed by atoms with Gasteiger partial charge in [0.2, 0.25) is 0 Å². The third-order valence-corrected chi connectivity index (χ3v) is 4.48. The number of rotatable bonds is 4. The summed E-state index contributed by atoms with van der Waals surface area (Å²) in [6.45, 7) is 0.254. The molecule has 100 valence electrons. The summed E-state index contributed by atoms with van der Waals surface area (Å²) in [6, 6.07) is 9.33. The molecule has 1 aliphatic rings. The van der Waals surface area contributed by atoms with E-state index in [1.807, 2.05) is 30.3 Å². The highest BCUT2D eigenvalue weighted by Gasteiger charge is 2.29. The Morgan fingerprint density at radius 3 is 2.28 bits per heavy atom. The van der Waals surface area contributed by atoms with E-state index < -0.39 is 10.3 Å². The fraction of sp³-hybridized carbons (Fsp3) is 0.538. The van der Waals surface area contributed by atoms with Crippen LogP contribution in [0.3, 0.4) is 0 Å². The van der Waals surface area contributed by atoms with Gasteiger partial charge in [0, 0.05) is 12.6 Å². The van der Waals surface area contributed by atoms with Crippen LogP contribution in [0.1, 0.15) is 37.7 Å². The smallest absolute Gasteiger partial charge is 0.273 e. The molecule has 0 saturated heterocycles. The van der Waals surface area contributed by atoms with Gasteiger partial charge in [-0.05, 0) is 18.4 Å². The summed E-state index contributed by atoms with van der Waals surface area (Å²) in [7, 11) is -4.13. The summed E-state index contributed by atoms with van der Waals surface area (Å²) in [5, 5.41) is 0. The fourth-order valence-corrected chi connectivity index (χ4v) is 3.43. The SMILES string of the molecule is O=S(=O)(O)N(Cc1ccccc1)C1CCCCC1. The Morgan fingerprint density at radius 2 is 1.72 bits per heavy atom. The van der Waals surface area contributed by atoms with E-state index in [1.54, 1.807) is 0 Å². The lowest BCUT2D eigenvalue weighted by Gasteiger charge is -2.31. The van der Waals surface area contributed by atoms with Crippen LogP contribution in [0.4, 0.5) is 0 Å². The molecular weight excluding hydrogens is 250 g/mol. The Morgan fingerprint density at radius 1 is 1.11 bits per heavy atom. The first-order valence-corrected chi connectivity index (χ1v) is 7.75. The van der Waals surface area contributed by atoms with Gasteiger partial charge in [0.15, 0.2) is 0 Å². The zero-order valence-corrected chi connectivity index (χ0v) is 11.1. The predicted octanol–water partition coefficient (Wildman–Crippen LogP) is 2.62. The number of benzene rings is 1. The molecule has 1 aromatic rings. The van der Waals surface area contributed by atoms with Crippen molar-refractivity contribution in [3.63, 3.8) is 0 Å². The molecule has 2 rings (SSSR count). The maximum atomic E-state index is 11.5. The highest BCUT2D eigenvalue weighted by atomic mass is 32.2. The zero-order chi connectivity index (χ0) is 13.0.